The summed E-state index contributed by atoms with van der Waals surface area (Å²) in [6.07, 6.45) is 2.34. The summed E-state index contributed by atoms with van der Waals surface area (Å²) in [6.45, 7) is 2.11. The van der Waals surface area contributed by atoms with E-state index in [1.54, 1.807) is 11.8 Å². The van der Waals surface area contributed by atoms with E-state index in [9.17, 15) is 14.4 Å². The summed E-state index contributed by atoms with van der Waals surface area (Å²) in [7, 11) is 0. The summed E-state index contributed by atoms with van der Waals surface area (Å²) >= 11 is 0. The van der Waals surface area contributed by atoms with Gasteiger partial charge in [-0.3, -0.25) is 14.4 Å². The SMILES string of the molecule is CC(CN(C(=O)CCNC(=O)Cc1ccccc1)C1CC1)C(=O)O. The van der Waals surface area contributed by atoms with Gasteiger partial charge in [-0.2, -0.15) is 0 Å². The molecule has 1 saturated carbocycles. The maximum absolute atomic E-state index is 12.3. The summed E-state index contributed by atoms with van der Waals surface area (Å²) in [4.78, 5) is 36.8. The zero-order chi connectivity index (χ0) is 17.5. The number of amides is 2. The molecule has 0 radical (unpaired) electrons. The third-order valence-corrected chi connectivity index (χ3v) is 4.07. The normalized spacial score (nSPS) is 14.7. The Bertz CT molecular complexity index is 584. The highest BCUT2D eigenvalue weighted by Crippen LogP contribution is 2.28. The number of carbonyl (C=O) groups is 3. The first-order valence-electron chi connectivity index (χ1n) is 8.30. The van der Waals surface area contributed by atoms with Gasteiger partial charge in [0.15, 0.2) is 0 Å². The fourth-order valence-corrected chi connectivity index (χ4v) is 2.51. The molecule has 130 valence electrons. The molecule has 1 aromatic carbocycles. The number of hydrogen-bond acceptors (Lipinski definition) is 3. The monoisotopic (exact) mass is 332 g/mol. The molecule has 1 unspecified atom stereocenters. The second kappa shape index (κ2) is 8.47. The Morgan fingerprint density at radius 3 is 2.50 bits per heavy atom. The Balaban J connectivity index is 1.74. The van der Waals surface area contributed by atoms with E-state index >= 15 is 0 Å². The third kappa shape index (κ3) is 5.68. The lowest BCUT2D eigenvalue weighted by atomic mass is 10.1. The fraction of sp³-hybridized carbons (Fsp3) is 0.500. The van der Waals surface area contributed by atoms with Crippen LogP contribution in [0.5, 0.6) is 0 Å². The van der Waals surface area contributed by atoms with Crippen LogP contribution < -0.4 is 5.32 Å². The van der Waals surface area contributed by atoms with Gasteiger partial charge < -0.3 is 15.3 Å². The van der Waals surface area contributed by atoms with Crippen molar-refractivity contribution in [2.75, 3.05) is 13.1 Å². The highest BCUT2D eigenvalue weighted by molar-refractivity contribution is 5.81. The average Bonchev–Trinajstić information content (AvgIpc) is 3.37. The summed E-state index contributed by atoms with van der Waals surface area (Å²) < 4.78 is 0. The highest BCUT2D eigenvalue weighted by atomic mass is 16.4. The second-order valence-electron chi connectivity index (χ2n) is 6.28. The van der Waals surface area contributed by atoms with Gasteiger partial charge in [0.05, 0.1) is 12.3 Å². The molecule has 2 amide bonds. The molecule has 1 aromatic rings. The number of carboxylic acid groups (broad SMARTS) is 1. The minimum absolute atomic E-state index is 0.0920. The van der Waals surface area contributed by atoms with Gasteiger partial charge in [0.2, 0.25) is 11.8 Å². The number of carboxylic acids is 1. The van der Waals surface area contributed by atoms with Gasteiger partial charge in [0.1, 0.15) is 0 Å². The summed E-state index contributed by atoms with van der Waals surface area (Å²) in [5.74, 6) is -1.69. The van der Waals surface area contributed by atoms with Gasteiger partial charge in [-0.25, -0.2) is 0 Å². The van der Waals surface area contributed by atoms with Gasteiger partial charge in [0.25, 0.3) is 0 Å². The Hall–Kier alpha value is -2.37. The van der Waals surface area contributed by atoms with Gasteiger partial charge in [-0.15, -0.1) is 0 Å². The van der Waals surface area contributed by atoms with E-state index in [-0.39, 0.29) is 43.8 Å². The van der Waals surface area contributed by atoms with E-state index in [0.29, 0.717) is 0 Å². The van der Waals surface area contributed by atoms with Crippen LogP contribution in [0, 0.1) is 5.92 Å². The molecule has 0 aromatic heterocycles. The van der Waals surface area contributed by atoms with Crippen molar-refractivity contribution in [1.82, 2.24) is 10.2 Å². The smallest absolute Gasteiger partial charge is 0.308 e. The highest BCUT2D eigenvalue weighted by Gasteiger charge is 2.34. The van der Waals surface area contributed by atoms with Crippen LogP contribution in [-0.2, 0) is 20.8 Å². The van der Waals surface area contributed by atoms with Gasteiger partial charge in [0, 0.05) is 25.6 Å². The third-order valence-electron chi connectivity index (χ3n) is 4.07. The Morgan fingerprint density at radius 2 is 1.92 bits per heavy atom. The number of rotatable bonds is 9. The topological polar surface area (TPSA) is 86.7 Å². The molecule has 1 atom stereocenters. The van der Waals surface area contributed by atoms with Crippen molar-refractivity contribution in [3.63, 3.8) is 0 Å². The molecule has 6 heteroatoms. The average molecular weight is 332 g/mol. The van der Waals surface area contributed by atoms with Crippen LogP contribution in [0.25, 0.3) is 0 Å². The Morgan fingerprint density at radius 1 is 1.25 bits per heavy atom. The van der Waals surface area contributed by atoms with E-state index in [1.807, 2.05) is 30.3 Å². The molecule has 0 saturated heterocycles. The number of nitrogens with one attached hydrogen (secondary N) is 1. The number of benzene rings is 1. The minimum Gasteiger partial charge on any atom is -0.481 e. The molecule has 24 heavy (non-hydrogen) atoms. The molecule has 6 nitrogen and oxygen atoms in total. The van der Waals surface area contributed by atoms with E-state index in [4.69, 9.17) is 5.11 Å². The molecule has 2 rings (SSSR count). The van der Waals surface area contributed by atoms with E-state index in [0.717, 1.165) is 18.4 Å². The lowest BCUT2D eigenvalue weighted by Gasteiger charge is -2.24. The maximum atomic E-state index is 12.3. The zero-order valence-corrected chi connectivity index (χ0v) is 13.9. The summed E-state index contributed by atoms with van der Waals surface area (Å²) in [5.41, 5.74) is 0.927. The molecule has 1 aliphatic carbocycles. The first-order chi connectivity index (χ1) is 11.5. The fourth-order valence-electron chi connectivity index (χ4n) is 2.51. The lowest BCUT2D eigenvalue weighted by Crippen LogP contribution is -2.40. The predicted octanol–water partition coefficient (Wildman–Crippen LogP) is 1.45. The van der Waals surface area contributed by atoms with Crippen molar-refractivity contribution in [2.24, 2.45) is 5.92 Å². The quantitative estimate of drug-likeness (QED) is 0.716. The van der Waals surface area contributed by atoms with Crippen LogP contribution in [0.15, 0.2) is 30.3 Å². The molecule has 0 spiro atoms. The first kappa shape index (κ1) is 18.0. The molecule has 0 bridgehead atoms. The van der Waals surface area contributed by atoms with Crippen molar-refractivity contribution < 1.29 is 19.5 Å². The maximum Gasteiger partial charge on any atom is 0.308 e. The predicted molar refractivity (Wildman–Crippen MR) is 89.3 cm³/mol. The van der Waals surface area contributed by atoms with Crippen LogP contribution in [-0.4, -0.2) is 46.9 Å². The van der Waals surface area contributed by atoms with Crippen molar-refractivity contribution in [3.05, 3.63) is 35.9 Å². The van der Waals surface area contributed by atoms with Crippen LogP contribution in [0.3, 0.4) is 0 Å². The number of nitrogens with zero attached hydrogens (tertiary/aromatic N) is 1. The van der Waals surface area contributed by atoms with Crippen LogP contribution in [0.4, 0.5) is 0 Å². The zero-order valence-electron chi connectivity index (χ0n) is 13.9. The largest absolute Gasteiger partial charge is 0.481 e. The molecule has 2 N–H and O–H groups in total. The van der Waals surface area contributed by atoms with Crippen molar-refractivity contribution in [2.45, 2.75) is 38.6 Å². The number of aliphatic carboxylic acids is 1. The number of hydrogen-bond donors (Lipinski definition) is 2. The van der Waals surface area contributed by atoms with E-state index in [2.05, 4.69) is 5.32 Å². The van der Waals surface area contributed by atoms with Crippen LogP contribution in [0.2, 0.25) is 0 Å². The van der Waals surface area contributed by atoms with Gasteiger partial charge in [-0.05, 0) is 18.4 Å². The lowest BCUT2D eigenvalue weighted by molar-refractivity contribution is -0.143. The minimum atomic E-state index is -0.899. The molecular weight excluding hydrogens is 308 g/mol. The van der Waals surface area contributed by atoms with Gasteiger partial charge >= 0.3 is 5.97 Å². The molecular formula is C18H24N2O4. The van der Waals surface area contributed by atoms with Crippen LogP contribution in [0.1, 0.15) is 31.7 Å². The van der Waals surface area contributed by atoms with Crippen molar-refractivity contribution in [1.29, 1.82) is 0 Å². The second-order valence-corrected chi connectivity index (χ2v) is 6.28. The Labute approximate surface area is 141 Å². The molecule has 1 aliphatic rings. The first-order valence-corrected chi connectivity index (χ1v) is 8.30. The van der Waals surface area contributed by atoms with Crippen molar-refractivity contribution >= 4 is 17.8 Å². The standard InChI is InChI=1S/C18H24N2O4/c1-13(18(23)24)12-20(15-7-8-15)17(22)9-10-19-16(21)11-14-5-3-2-4-6-14/h2-6,13,15H,7-12H2,1H3,(H,19,21)(H,23,24). The summed E-state index contributed by atoms with van der Waals surface area (Å²) in [6, 6.07) is 9.58. The van der Waals surface area contributed by atoms with E-state index < -0.39 is 11.9 Å². The van der Waals surface area contributed by atoms with E-state index in [1.165, 1.54) is 0 Å². The number of carbonyl (C=O) groups excluding carboxylic acids is 2. The molecule has 1 fully saturated rings. The Kier molecular flexibility index (Phi) is 6.35. The van der Waals surface area contributed by atoms with Crippen LogP contribution >= 0.6 is 0 Å². The van der Waals surface area contributed by atoms with Gasteiger partial charge in [-0.1, -0.05) is 37.3 Å². The molecule has 0 heterocycles. The summed E-state index contributed by atoms with van der Waals surface area (Å²) in [5, 5.41) is 11.8. The van der Waals surface area contributed by atoms with Crippen molar-refractivity contribution in [3.8, 4) is 0 Å². The molecule has 0 aliphatic heterocycles.